The zero-order valence-corrected chi connectivity index (χ0v) is 19.4. The SMILES string of the molecule is N#Cc1ccc(-c2nc(NCCNc3ccc([N+](=O)[O-])cn3)ncc2C(C(N)=O)c2ccncc2)cc1. The van der Waals surface area contributed by atoms with Crippen molar-refractivity contribution in [2.45, 2.75) is 5.92 Å². The first-order valence-electron chi connectivity index (χ1n) is 11.1. The van der Waals surface area contributed by atoms with Crippen molar-refractivity contribution < 1.29 is 9.72 Å². The number of nitriles is 1. The first-order chi connectivity index (χ1) is 18.0. The van der Waals surface area contributed by atoms with Gasteiger partial charge in [-0.25, -0.2) is 15.0 Å². The van der Waals surface area contributed by atoms with Crippen LogP contribution in [0.5, 0.6) is 0 Å². The fourth-order valence-corrected chi connectivity index (χ4v) is 3.64. The number of carbonyl (C=O) groups excluding carboxylic acids is 1. The van der Waals surface area contributed by atoms with Crippen LogP contribution in [0.4, 0.5) is 17.5 Å². The predicted molar refractivity (Wildman–Crippen MR) is 135 cm³/mol. The second-order valence-electron chi connectivity index (χ2n) is 7.81. The molecule has 0 aliphatic rings. The van der Waals surface area contributed by atoms with Crippen LogP contribution in [0.2, 0.25) is 0 Å². The van der Waals surface area contributed by atoms with Gasteiger partial charge in [0, 0.05) is 48.9 Å². The number of nitrogens with one attached hydrogen (secondary N) is 2. The van der Waals surface area contributed by atoms with E-state index in [1.165, 1.54) is 18.3 Å². The molecule has 0 saturated heterocycles. The van der Waals surface area contributed by atoms with E-state index in [4.69, 9.17) is 11.0 Å². The highest BCUT2D eigenvalue weighted by Crippen LogP contribution is 2.32. The monoisotopic (exact) mass is 495 g/mol. The molecular formula is C25H21N9O3. The van der Waals surface area contributed by atoms with Gasteiger partial charge in [0.05, 0.1) is 28.2 Å². The Balaban J connectivity index is 1.57. The summed E-state index contributed by atoms with van der Waals surface area (Å²) >= 11 is 0. The fourth-order valence-electron chi connectivity index (χ4n) is 3.64. The molecule has 3 heterocycles. The maximum atomic E-state index is 12.5. The van der Waals surface area contributed by atoms with Crippen LogP contribution in [-0.4, -0.2) is 43.9 Å². The largest absolute Gasteiger partial charge is 0.369 e. The molecule has 1 unspecified atom stereocenters. The zero-order valence-electron chi connectivity index (χ0n) is 19.4. The molecule has 1 atom stereocenters. The van der Waals surface area contributed by atoms with Gasteiger partial charge in [-0.3, -0.25) is 19.9 Å². The molecule has 0 radical (unpaired) electrons. The molecular weight excluding hydrogens is 474 g/mol. The lowest BCUT2D eigenvalue weighted by atomic mass is 9.89. The molecule has 3 aromatic heterocycles. The molecule has 0 aliphatic heterocycles. The molecule has 0 bridgehead atoms. The quantitative estimate of drug-likeness (QED) is 0.168. The Morgan fingerprint density at radius 1 is 1.03 bits per heavy atom. The van der Waals surface area contributed by atoms with E-state index in [0.717, 1.165) is 0 Å². The number of nitrogens with zero attached hydrogens (tertiary/aromatic N) is 6. The number of nitrogens with two attached hydrogens (primary N) is 1. The predicted octanol–water partition coefficient (Wildman–Crippen LogP) is 2.85. The Bertz CT molecular complexity index is 1440. The van der Waals surface area contributed by atoms with E-state index < -0.39 is 16.7 Å². The van der Waals surface area contributed by atoms with Crippen LogP contribution in [0.3, 0.4) is 0 Å². The molecule has 12 heteroatoms. The number of hydrogen-bond acceptors (Lipinski definition) is 10. The summed E-state index contributed by atoms with van der Waals surface area (Å²) < 4.78 is 0. The molecule has 0 aliphatic carbocycles. The maximum absolute atomic E-state index is 12.5. The number of primary amides is 1. The van der Waals surface area contributed by atoms with Crippen LogP contribution in [0.15, 0.2) is 73.3 Å². The molecule has 4 aromatic rings. The molecule has 37 heavy (non-hydrogen) atoms. The number of hydrogen-bond donors (Lipinski definition) is 3. The van der Waals surface area contributed by atoms with Crippen LogP contribution < -0.4 is 16.4 Å². The number of nitro groups is 1. The first-order valence-corrected chi connectivity index (χ1v) is 11.1. The number of carbonyl (C=O) groups is 1. The van der Waals surface area contributed by atoms with Gasteiger partial charge in [0.2, 0.25) is 11.9 Å². The second-order valence-corrected chi connectivity index (χ2v) is 7.81. The Morgan fingerprint density at radius 2 is 1.76 bits per heavy atom. The van der Waals surface area contributed by atoms with Gasteiger partial charge in [-0.2, -0.15) is 5.26 Å². The van der Waals surface area contributed by atoms with E-state index in [1.54, 1.807) is 55.0 Å². The van der Waals surface area contributed by atoms with Gasteiger partial charge in [-0.15, -0.1) is 0 Å². The Morgan fingerprint density at radius 3 is 2.38 bits per heavy atom. The van der Waals surface area contributed by atoms with Crippen LogP contribution in [-0.2, 0) is 4.79 Å². The summed E-state index contributed by atoms with van der Waals surface area (Å²) in [6.45, 7) is 0.845. The molecule has 0 fully saturated rings. The summed E-state index contributed by atoms with van der Waals surface area (Å²) in [7, 11) is 0. The summed E-state index contributed by atoms with van der Waals surface area (Å²) in [6.07, 6.45) is 5.90. The first kappa shape index (κ1) is 24.7. The Labute approximate surface area is 211 Å². The van der Waals surface area contributed by atoms with E-state index >= 15 is 0 Å². The average molecular weight is 496 g/mol. The van der Waals surface area contributed by atoms with E-state index in [1.807, 2.05) is 0 Å². The third-order valence-corrected chi connectivity index (χ3v) is 5.41. The summed E-state index contributed by atoms with van der Waals surface area (Å²) in [6, 6.07) is 15.2. The minimum absolute atomic E-state index is 0.0893. The van der Waals surface area contributed by atoms with Gasteiger partial charge in [0.1, 0.15) is 12.0 Å². The molecule has 4 N–H and O–H groups in total. The van der Waals surface area contributed by atoms with Crippen molar-refractivity contribution in [3.8, 4) is 17.3 Å². The Kier molecular flexibility index (Phi) is 7.55. The highest BCUT2D eigenvalue weighted by Gasteiger charge is 2.25. The molecule has 4 rings (SSSR count). The summed E-state index contributed by atoms with van der Waals surface area (Å²) in [5.41, 5.74) is 8.54. The lowest BCUT2D eigenvalue weighted by Gasteiger charge is -2.18. The van der Waals surface area contributed by atoms with Crippen molar-refractivity contribution in [2.24, 2.45) is 5.73 Å². The zero-order chi connectivity index (χ0) is 26.2. The van der Waals surface area contributed by atoms with Gasteiger partial charge in [-0.05, 0) is 35.9 Å². The molecule has 1 amide bonds. The van der Waals surface area contributed by atoms with Crippen molar-refractivity contribution in [3.63, 3.8) is 0 Å². The van der Waals surface area contributed by atoms with Crippen molar-refractivity contribution >= 4 is 23.4 Å². The van der Waals surface area contributed by atoms with E-state index in [-0.39, 0.29) is 5.69 Å². The van der Waals surface area contributed by atoms with Crippen molar-refractivity contribution in [1.82, 2.24) is 19.9 Å². The third-order valence-electron chi connectivity index (χ3n) is 5.41. The van der Waals surface area contributed by atoms with E-state index in [0.29, 0.717) is 52.8 Å². The summed E-state index contributed by atoms with van der Waals surface area (Å²) in [5.74, 6) is -0.564. The standard InChI is InChI=1S/C25H21N9O3/c26-13-16-1-3-18(4-2-16)23-20(22(24(27)35)17-7-9-28-10-8-17)15-32-25(33-23)30-12-11-29-21-6-5-19(14-31-21)34(36)37/h1-10,14-15,22H,11-12H2,(H2,27,35)(H,29,31)(H,30,32,33). The summed E-state index contributed by atoms with van der Waals surface area (Å²) in [5, 5.41) is 26.1. The van der Waals surface area contributed by atoms with Gasteiger partial charge >= 0.3 is 0 Å². The second kappa shape index (κ2) is 11.3. The fraction of sp³-hybridized carbons (Fsp3) is 0.120. The Hall–Kier alpha value is -5.44. The number of benzene rings is 1. The van der Waals surface area contributed by atoms with Crippen molar-refractivity contribution in [3.05, 3.63) is 100 Å². The third kappa shape index (κ3) is 5.98. The smallest absolute Gasteiger partial charge is 0.287 e. The van der Waals surface area contributed by atoms with Crippen LogP contribution in [0.1, 0.15) is 22.6 Å². The highest BCUT2D eigenvalue weighted by molar-refractivity contribution is 5.88. The van der Waals surface area contributed by atoms with Crippen molar-refractivity contribution in [1.29, 1.82) is 5.26 Å². The minimum Gasteiger partial charge on any atom is -0.369 e. The molecule has 12 nitrogen and oxygen atoms in total. The maximum Gasteiger partial charge on any atom is 0.287 e. The van der Waals surface area contributed by atoms with Gasteiger partial charge in [-0.1, -0.05) is 12.1 Å². The van der Waals surface area contributed by atoms with Crippen molar-refractivity contribution in [2.75, 3.05) is 23.7 Å². The van der Waals surface area contributed by atoms with E-state index in [9.17, 15) is 14.9 Å². The molecule has 0 saturated carbocycles. The highest BCUT2D eigenvalue weighted by atomic mass is 16.6. The number of anilines is 2. The van der Waals surface area contributed by atoms with Gasteiger partial charge in [0.15, 0.2) is 0 Å². The molecule has 1 aromatic carbocycles. The molecule has 0 spiro atoms. The molecule has 184 valence electrons. The van der Waals surface area contributed by atoms with Crippen LogP contribution in [0.25, 0.3) is 11.3 Å². The van der Waals surface area contributed by atoms with Crippen LogP contribution in [0, 0.1) is 21.4 Å². The minimum atomic E-state index is -0.808. The number of amides is 1. The summed E-state index contributed by atoms with van der Waals surface area (Å²) in [4.78, 5) is 39.8. The van der Waals surface area contributed by atoms with E-state index in [2.05, 4.69) is 36.6 Å². The lowest BCUT2D eigenvalue weighted by Crippen LogP contribution is -2.24. The average Bonchev–Trinajstić information content (AvgIpc) is 2.92. The number of rotatable bonds is 10. The number of pyridine rings is 2. The lowest BCUT2D eigenvalue weighted by molar-refractivity contribution is -0.385. The van der Waals surface area contributed by atoms with Gasteiger partial charge in [0.25, 0.3) is 5.69 Å². The normalized spacial score (nSPS) is 11.2. The van der Waals surface area contributed by atoms with Crippen LogP contribution >= 0.6 is 0 Å². The topological polar surface area (TPSA) is 186 Å². The number of aromatic nitrogens is 4. The van der Waals surface area contributed by atoms with Gasteiger partial charge < -0.3 is 16.4 Å².